The summed E-state index contributed by atoms with van der Waals surface area (Å²) in [7, 11) is 1.83. The Labute approximate surface area is 209 Å². The van der Waals surface area contributed by atoms with Crippen molar-refractivity contribution < 1.29 is 9.53 Å². The second-order valence-corrected chi connectivity index (χ2v) is 9.48. The van der Waals surface area contributed by atoms with Crippen LogP contribution in [0.2, 0.25) is 0 Å². The third-order valence-electron chi connectivity index (χ3n) is 6.94. The Balaban J connectivity index is 1.30. The van der Waals surface area contributed by atoms with Crippen LogP contribution >= 0.6 is 0 Å². The van der Waals surface area contributed by atoms with Crippen molar-refractivity contribution in [1.29, 1.82) is 0 Å². The number of amides is 1. The van der Waals surface area contributed by atoms with Crippen LogP contribution in [-0.4, -0.2) is 19.6 Å². The molecule has 0 saturated carbocycles. The van der Waals surface area contributed by atoms with Gasteiger partial charge in [-0.05, 0) is 54.8 Å². The minimum Gasteiger partial charge on any atom is -0.494 e. The van der Waals surface area contributed by atoms with Crippen LogP contribution in [0.25, 0.3) is 27.7 Å². The number of benzene rings is 3. The second-order valence-electron chi connectivity index (χ2n) is 9.48. The molecule has 1 aliphatic heterocycles. The van der Waals surface area contributed by atoms with Gasteiger partial charge in [0.25, 0.3) is 5.91 Å². The van der Waals surface area contributed by atoms with Gasteiger partial charge in [0.05, 0.1) is 12.3 Å². The summed E-state index contributed by atoms with van der Waals surface area (Å²) in [6, 6.07) is 18.4. The van der Waals surface area contributed by atoms with Crippen molar-refractivity contribution in [2.45, 2.75) is 45.4 Å². The van der Waals surface area contributed by atoms with Crippen LogP contribution in [0.4, 0.5) is 5.69 Å². The number of unbranched alkanes of at least 4 members (excludes halogenated alkanes) is 4. The van der Waals surface area contributed by atoms with Crippen molar-refractivity contribution in [3.63, 3.8) is 0 Å². The SMILES string of the molecule is C=C(C)C(=C)CCCCCCCOC(=C)c1ccc(-c2ccc3c4c(cccc24)C(=O)N3C)cc1. The first-order valence-electron chi connectivity index (χ1n) is 12.5. The molecule has 0 N–H and O–H groups in total. The monoisotopic (exact) mass is 465 g/mol. The standard InChI is InChI=1S/C32H35NO2/c1-22(2)23(3)12-9-7-6-8-10-21-35-24(4)25-15-17-26(18-16-25)27-19-20-30-31-28(27)13-11-14-29(31)32(34)33(30)5/h11,13-20H,1,3-4,6-10,12,21H2,2,5H3. The van der Waals surface area contributed by atoms with E-state index in [-0.39, 0.29) is 5.91 Å². The van der Waals surface area contributed by atoms with E-state index in [1.54, 1.807) is 4.90 Å². The first-order chi connectivity index (χ1) is 16.9. The Bertz CT molecular complexity index is 1280. The molecule has 4 rings (SSSR count). The number of ether oxygens (including phenoxy) is 1. The Morgan fingerprint density at radius 2 is 1.57 bits per heavy atom. The average Bonchev–Trinajstić information content (AvgIpc) is 3.12. The fourth-order valence-corrected chi connectivity index (χ4v) is 4.69. The fourth-order valence-electron chi connectivity index (χ4n) is 4.69. The molecule has 180 valence electrons. The summed E-state index contributed by atoms with van der Waals surface area (Å²) in [6.07, 6.45) is 6.86. The lowest BCUT2D eigenvalue weighted by molar-refractivity contribution is 0.0999. The summed E-state index contributed by atoms with van der Waals surface area (Å²) >= 11 is 0. The maximum absolute atomic E-state index is 12.6. The van der Waals surface area contributed by atoms with Gasteiger partial charge in [-0.2, -0.15) is 0 Å². The number of anilines is 1. The summed E-state index contributed by atoms with van der Waals surface area (Å²) in [4.78, 5) is 14.3. The molecule has 3 nitrogen and oxygen atoms in total. The van der Waals surface area contributed by atoms with Gasteiger partial charge in [-0.25, -0.2) is 0 Å². The topological polar surface area (TPSA) is 29.5 Å². The lowest BCUT2D eigenvalue weighted by atomic mass is 9.95. The maximum atomic E-state index is 12.6. The summed E-state index contributed by atoms with van der Waals surface area (Å²) in [5.41, 5.74) is 7.25. The molecule has 1 aliphatic rings. The number of allylic oxidation sites excluding steroid dienone is 2. The van der Waals surface area contributed by atoms with Gasteiger partial charge >= 0.3 is 0 Å². The zero-order chi connectivity index (χ0) is 24.9. The molecular formula is C32H35NO2. The summed E-state index contributed by atoms with van der Waals surface area (Å²) in [5.74, 6) is 0.766. The Kier molecular flexibility index (Phi) is 7.55. The number of carbonyl (C=O) groups is 1. The van der Waals surface area contributed by atoms with Gasteiger partial charge < -0.3 is 9.64 Å². The molecule has 3 aromatic rings. The molecule has 1 heterocycles. The van der Waals surface area contributed by atoms with E-state index in [9.17, 15) is 4.79 Å². The van der Waals surface area contributed by atoms with E-state index in [2.05, 4.69) is 56.1 Å². The van der Waals surface area contributed by atoms with Gasteiger partial charge in [-0.3, -0.25) is 4.79 Å². The molecule has 0 unspecified atom stereocenters. The predicted octanol–water partition coefficient (Wildman–Crippen LogP) is 8.56. The normalized spacial score (nSPS) is 12.3. The third-order valence-corrected chi connectivity index (χ3v) is 6.94. The largest absolute Gasteiger partial charge is 0.494 e. The molecule has 0 saturated heterocycles. The van der Waals surface area contributed by atoms with Gasteiger partial charge in [0.2, 0.25) is 0 Å². The van der Waals surface area contributed by atoms with E-state index >= 15 is 0 Å². The number of hydrogen-bond acceptors (Lipinski definition) is 2. The van der Waals surface area contributed by atoms with Crippen molar-refractivity contribution in [1.82, 2.24) is 0 Å². The Morgan fingerprint density at radius 1 is 0.857 bits per heavy atom. The van der Waals surface area contributed by atoms with E-state index < -0.39 is 0 Å². The first-order valence-corrected chi connectivity index (χ1v) is 12.5. The van der Waals surface area contributed by atoms with Gasteiger partial charge in [-0.15, -0.1) is 0 Å². The first kappa shape index (κ1) is 24.5. The zero-order valence-electron chi connectivity index (χ0n) is 21.0. The number of hydrogen-bond donors (Lipinski definition) is 0. The second kappa shape index (κ2) is 10.8. The highest BCUT2D eigenvalue weighted by Gasteiger charge is 2.27. The molecule has 0 aliphatic carbocycles. The fraction of sp³-hybridized carbons (Fsp3) is 0.281. The van der Waals surface area contributed by atoms with Crippen molar-refractivity contribution in [3.8, 4) is 11.1 Å². The third kappa shape index (κ3) is 5.24. The van der Waals surface area contributed by atoms with Crippen molar-refractivity contribution in [3.05, 3.63) is 96.6 Å². The Morgan fingerprint density at radius 3 is 2.31 bits per heavy atom. The molecule has 0 radical (unpaired) electrons. The average molecular weight is 466 g/mol. The molecule has 0 aromatic heterocycles. The van der Waals surface area contributed by atoms with Gasteiger partial charge in [0, 0.05) is 23.6 Å². The van der Waals surface area contributed by atoms with Crippen molar-refractivity contribution >= 4 is 28.1 Å². The van der Waals surface area contributed by atoms with E-state index in [0.29, 0.717) is 12.4 Å². The molecular weight excluding hydrogens is 430 g/mol. The molecule has 0 spiro atoms. The van der Waals surface area contributed by atoms with Gasteiger partial charge in [0.15, 0.2) is 0 Å². The molecule has 0 atom stereocenters. The molecule has 35 heavy (non-hydrogen) atoms. The zero-order valence-corrected chi connectivity index (χ0v) is 21.0. The van der Waals surface area contributed by atoms with Crippen LogP contribution in [0.1, 0.15) is 61.4 Å². The smallest absolute Gasteiger partial charge is 0.258 e. The Hall–Kier alpha value is -3.59. The maximum Gasteiger partial charge on any atom is 0.258 e. The van der Waals surface area contributed by atoms with Crippen LogP contribution in [0.3, 0.4) is 0 Å². The van der Waals surface area contributed by atoms with Crippen LogP contribution in [-0.2, 0) is 4.74 Å². The highest BCUT2D eigenvalue weighted by molar-refractivity contribution is 6.26. The van der Waals surface area contributed by atoms with E-state index in [1.165, 1.54) is 24.8 Å². The molecule has 3 aromatic carbocycles. The number of rotatable bonds is 12. The molecule has 0 fully saturated rings. The number of carbonyl (C=O) groups excluding carboxylic acids is 1. The van der Waals surface area contributed by atoms with Crippen LogP contribution < -0.4 is 4.90 Å². The summed E-state index contributed by atoms with van der Waals surface area (Å²) in [5, 5.41) is 2.14. The van der Waals surface area contributed by atoms with Crippen molar-refractivity contribution in [2.75, 3.05) is 18.6 Å². The summed E-state index contributed by atoms with van der Waals surface area (Å²) < 4.78 is 5.92. The van der Waals surface area contributed by atoms with Crippen molar-refractivity contribution in [2.24, 2.45) is 0 Å². The van der Waals surface area contributed by atoms with E-state index in [4.69, 9.17) is 4.74 Å². The van der Waals surface area contributed by atoms with Gasteiger partial charge in [-0.1, -0.05) is 92.6 Å². The molecule has 1 amide bonds. The van der Waals surface area contributed by atoms with Crippen LogP contribution in [0, 0.1) is 0 Å². The quantitative estimate of drug-likeness (QED) is 0.152. The minimum atomic E-state index is 0.0558. The van der Waals surface area contributed by atoms with E-state index in [0.717, 1.165) is 63.5 Å². The highest BCUT2D eigenvalue weighted by Crippen LogP contribution is 2.41. The lowest BCUT2D eigenvalue weighted by Gasteiger charge is -2.13. The minimum absolute atomic E-state index is 0.0558. The van der Waals surface area contributed by atoms with Gasteiger partial charge in [0.1, 0.15) is 5.76 Å². The number of nitrogens with zero attached hydrogens (tertiary/aromatic N) is 1. The molecule has 0 bridgehead atoms. The van der Waals surface area contributed by atoms with E-state index in [1.807, 2.05) is 32.2 Å². The van der Waals surface area contributed by atoms with Crippen LogP contribution in [0.15, 0.2) is 85.5 Å². The predicted molar refractivity (Wildman–Crippen MR) is 149 cm³/mol. The molecule has 3 heteroatoms. The highest BCUT2D eigenvalue weighted by atomic mass is 16.5. The summed E-state index contributed by atoms with van der Waals surface area (Å²) in [6.45, 7) is 14.8. The van der Waals surface area contributed by atoms with Crippen LogP contribution in [0.5, 0.6) is 0 Å². The lowest BCUT2D eigenvalue weighted by Crippen LogP contribution is -2.20.